The molecule has 5 nitrogen and oxygen atoms in total. The van der Waals surface area contributed by atoms with Crippen LogP contribution < -0.4 is 10.2 Å². The van der Waals surface area contributed by atoms with E-state index in [-0.39, 0.29) is 24.2 Å². The number of hydrogen-bond donors (Lipinski definition) is 1. The Morgan fingerprint density at radius 2 is 1.89 bits per heavy atom. The zero-order valence-electron chi connectivity index (χ0n) is 16.0. The highest BCUT2D eigenvalue weighted by molar-refractivity contribution is 5.91. The minimum atomic E-state index is 0. The van der Waals surface area contributed by atoms with E-state index in [9.17, 15) is 4.79 Å². The van der Waals surface area contributed by atoms with Crippen LogP contribution in [-0.2, 0) is 4.79 Å². The van der Waals surface area contributed by atoms with Crippen molar-refractivity contribution in [3.8, 4) is 11.3 Å². The summed E-state index contributed by atoms with van der Waals surface area (Å²) >= 11 is 0. The number of benzene rings is 1. The van der Waals surface area contributed by atoms with E-state index in [0.29, 0.717) is 6.54 Å². The number of amides is 1. The molecule has 0 unspecified atom stereocenters. The maximum Gasteiger partial charge on any atom is 0.223 e. The molecule has 1 aliphatic rings. The van der Waals surface area contributed by atoms with Crippen molar-refractivity contribution in [3.63, 3.8) is 0 Å². The third-order valence-electron chi connectivity index (χ3n) is 5.17. The highest BCUT2D eigenvalue weighted by Gasteiger charge is 2.26. The lowest BCUT2D eigenvalue weighted by molar-refractivity contribution is -0.125. The molecule has 0 aliphatic carbocycles. The van der Waals surface area contributed by atoms with Gasteiger partial charge in [0.2, 0.25) is 5.91 Å². The summed E-state index contributed by atoms with van der Waals surface area (Å²) in [6, 6.07) is 16.3. The van der Waals surface area contributed by atoms with Gasteiger partial charge in [-0.1, -0.05) is 30.3 Å². The molecule has 1 N–H and O–H groups in total. The van der Waals surface area contributed by atoms with Gasteiger partial charge in [-0.05, 0) is 38.0 Å². The highest BCUT2D eigenvalue weighted by Crippen LogP contribution is 2.32. The Hall–Kier alpha value is -2.66. The Labute approximate surface area is 171 Å². The molecule has 1 fully saturated rings. The molecular formula is C22H25ClN4O. The molecule has 1 amide bonds. The third kappa shape index (κ3) is 4.09. The smallest absolute Gasteiger partial charge is 0.223 e. The van der Waals surface area contributed by atoms with Crippen molar-refractivity contribution >= 4 is 35.0 Å². The lowest BCUT2D eigenvalue weighted by Gasteiger charge is -2.33. The second kappa shape index (κ2) is 9.02. The van der Waals surface area contributed by atoms with E-state index >= 15 is 0 Å². The lowest BCUT2D eigenvalue weighted by Crippen LogP contribution is -2.40. The van der Waals surface area contributed by atoms with Crippen molar-refractivity contribution in [1.82, 2.24) is 15.3 Å². The second-order valence-corrected chi connectivity index (χ2v) is 6.92. The largest absolute Gasteiger partial charge is 0.370 e. The monoisotopic (exact) mass is 396 g/mol. The number of rotatable bonds is 4. The molecule has 1 saturated heterocycles. The van der Waals surface area contributed by atoms with Gasteiger partial charge in [-0.25, -0.2) is 4.98 Å². The first-order chi connectivity index (χ1) is 13.3. The predicted molar refractivity (Wildman–Crippen MR) is 116 cm³/mol. The van der Waals surface area contributed by atoms with Crippen molar-refractivity contribution < 1.29 is 4.79 Å². The molecular weight excluding hydrogens is 372 g/mol. The summed E-state index contributed by atoms with van der Waals surface area (Å²) in [5.41, 5.74) is 4.99. The van der Waals surface area contributed by atoms with Gasteiger partial charge in [0.1, 0.15) is 5.52 Å². The third-order valence-corrected chi connectivity index (χ3v) is 5.17. The number of hydrogen-bond acceptors (Lipinski definition) is 4. The van der Waals surface area contributed by atoms with Crippen molar-refractivity contribution in [1.29, 1.82) is 0 Å². The van der Waals surface area contributed by atoms with E-state index in [2.05, 4.69) is 33.4 Å². The zero-order valence-corrected chi connectivity index (χ0v) is 16.8. The number of piperidine rings is 1. The molecule has 6 heteroatoms. The minimum absolute atomic E-state index is 0. The average molecular weight is 397 g/mol. The van der Waals surface area contributed by atoms with Gasteiger partial charge in [-0.2, -0.15) is 0 Å². The van der Waals surface area contributed by atoms with E-state index < -0.39 is 0 Å². The van der Waals surface area contributed by atoms with E-state index in [0.717, 1.165) is 53.9 Å². The van der Waals surface area contributed by atoms with Crippen LogP contribution in [0.5, 0.6) is 0 Å². The Morgan fingerprint density at radius 1 is 1.14 bits per heavy atom. The van der Waals surface area contributed by atoms with Crippen LogP contribution in [0.4, 0.5) is 5.69 Å². The van der Waals surface area contributed by atoms with Gasteiger partial charge in [0.25, 0.3) is 0 Å². The number of aromatic nitrogens is 2. The molecule has 2 aromatic heterocycles. The van der Waals surface area contributed by atoms with E-state index in [1.165, 1.54) is 0 Å². The van der Waals surface area contributed by atoms with Crippen molar-refractivity contribution in [2.24, 2.45) is 5.92 Å². The first kappa shape index (κ1) is 20.1. The fourth-order valence-corrected chi connectivity index (χ4v) is 3.74. The number of nitrogens with zero attached hydrogens (tertiary/aromatic N) is 3. The van der Waals surface area contributed by atoms with Crippen LogP contribution in [0.25, 0.3) is 22.3 Å². The maximum atomic E-state index is 12.1. The van der Waals surface area contributed by atoms with Crippen LogP contribution in [0.1, 0.15) is 19.8 Å². The molecule has 3 aromatic rings. The summed E-state index contributed by atoms with van der Waals surface area (Å²) in [4.78, 5) is 23.9. The standard InChI is InChI=1S/C22H24N4O.ClH/c1-2-23-22(27)17-10-13-26(14-11-17)20-15-19(16-7-4-3-5-8-16)25-18-9-6-12-24-21(18)20;/h3-9,12,15,17H,2,10-11,13-14H2,1H3,(H,23,27);1H. The molecule has 0 bridgehead atoms. The summed E-state index contributed by atoms with van der Waals surface area (Å²) in [5, 5.41) is 2.95. The minimum Gasteiger partial charge on any atom is -0.370 e. The lowest BCUT2D eigenvalue weighted by atomic mass is 9.95. The fraction of sp³-hybridized carbons (Fsp3) is 0.318. The number of nitrogens with one attached hydrogen (secondary N) is 1. The topological polar surface area (TPSA) is 58.1 Å². The number of pyridine rings is 2. The molecule has 146 valence electrons. The van der Waals surface area contributed by atoms with E-state index in [1.54, 1.807) is 0 Å². The molecule has 1 aliphatic heterocycles. The predicted octanol–water partition coefficient (Wildman–Crippen LogP) is 4.07. The number of fused-ring (bicyclic) bond motifs is 1. The molecule has 3 heterocycles. The number of halogens is 1. The molecule has 28 heavy (non-hydrogen) atoms. The molecule has 1 aromatic carbocycles. The van der Waals surface area contributed by atoms with Crippen LogP contribution in [0.2, 0.25) is 0 Å². The van der Waals surface area contributed by atoms with Crippen LogP contribution in [0, 0.1) is 5.92 Å². The summed E-state index contributed by atoms with van der Waals surface area (Å²) in [6.07, 6.45) is 3.55. The Bertz CT molecular complexity index is 940. The summed E-state index contributed by atoms with van der Waals surface area (Å²) in [6.45, 7) is 4.36. The van der Waals surface area contributed by atoms with Crippen molar-refractivity contribution in [3.05, 3.63) is 54.7 Å². The average Bonchev–Trinajstić information content (AvgIpc) is 2.74. The molecule has 0 atom stereocenters. The number of carbonyl (C=O) groups excluding carboxylic acids is 1. The Kier molecular flexibility index (Phi) is 6.47. The SMILES string of the molecule is CCNC(=O)C1CCN(c2cc(-c3ccccc3)nc3cccnc23)CC1.Cl. The Morgan fingerprint density at radius 3 is 2.61 bits per heavy atom. The molecule has 0 radical (unpaired) electrons. The van der Waals surface area contributed by atoms with Crippen LogP contribution >= 0.6 is 12.4 Å². The van der Waals surface area contributed by atoms with Gasteiger partial charge in [0, 0.05) is 37.3 Å². The number of carbonyl (C=O) groups is 1. The van der Waals surface area contributed by atoms with Crippen molar-refractivity contribution in [2.75, 3.05) is 24.5 Å². The fourth-order valence-electron chi connectivity index (χ4n) is 3.74. The first-order valence-corrected chi connectivity index (χ1v) is 9.60. The first-order valence-electron chi connectivity index (χ1n) is 9.60. The van der Waals surface area contributed by atoms with Crippen molar-refractivity contribution in [2.45, 2.75) is 19.8 Å². The van der Waals surface area contributed by atoms with E-state index in [1.807, 2.05) is 43.5 Å². The van der Waals surface area contributed by atoms with Crippen LogP contribution in [0.15, 0.2) is 54.7 Å². The molecule has 0 spiro atoms. The summed E-state index contributed by atoms with van der Waals surface area (Å²) in [5.74, 6) is 0.288. The van der Waals surface area contributed by atoms with Gasteiger partial charge in [0.15, 0.2) is 0 Å². The second-order valence-electron chi connectivity index (χ2n) is 6.92. The van der Waals surface area contributed by atoms with Gasteiger partial charge in [-0.15, -0.1) is 12.4 Å². The van der Waals surface area contributed by atoms with Crippen LogP contribution in [-0.4, -0.2) is 35.5 Å². The van der Waals surface area contributed by atoms with Gasteiger partial charge < -0.3 is 10.2 Å². The zero-order chi connectivity index (χ0) is 18.6. The number of anilines is 1. The quantitative estimate of drug-likeness (QED) is 0.722. The molecule has 0 saturated carbocycles. The summed E-state index contributed by atoms with van der Waals surface area (Å²) < 4.78 is 0. The highest BCUT2D eigenvalue weighted by atomic mass is 35.5. The van der Waals surface area contributed by atoms with E-state index in [4.69, 9.17) is 4.98 Å². The van der Waals surface area contributed by atoms with Crippen LogP contribution in [0.3, 0.4) is 0 Å². The Balaban J connectivity index is 0.00000225. The normalized spacial score (nSPS) is 14.5. The van der Waals surface area contributed by atoms with Gasteiger partial charge in [-0.3, -0.25) is 9.78 Å². The molecule has 4 rings (SSSR count). The van der Waals surface area contributed by atoms with Gasteiger partial charge >= 0.3 is 0 Å². The van der Waals surface area contributed by atoms with Gasteiger partial charge in [0.05, 0.1) is 16.9 Å². The summed E-state index contributed by atoms with van der Waals surface area (Å²) in [7, 11) is 0. The maximum absolute atomic E-state index is 12.1.